The van der Waals surface area contributed by atoms with Crippen molar-refractivity contribution in [3.05, 3.63) is 11.7 Å². The number of aliphatic hydroxyl groups is 1. The van der Waals surface area contributed by atoms with Gasteiger partial charge >= 0.3 is 0 Å². The number of aromatic nitrogens is 2. The summed E-state index contributed by atoms with van der Waals surface area (Å²) in [7, 11) is 0. The molecule has 1 amide bonds. The summed E-state index contributed by atoms with van der Waals surface area (Å²) in [6, 6.07) is -0.805. The lowest BCUT2D eigenvalue weighted by Crippen LogP contribution is -2.23. The van der Waals surface area contributed by atoms with Crippen LogP contribution in [-0.4, -0.2) is 27.3 Å². The van der Waals surface area contributed by atoms with E-state index in [-0.39, 0.29) is 11.7 Å². The fourth-order valence-electron chi connectivity index (χ4n) is 0.677. The third kappa shape index (κ3) is 2.01. The molecular weight excluding hydrogens is 176 g/mol. The highest BCUT2D eigenvalue weighted by Gasteiger charge is 2.20. The first-order chi connectivity index (χ1) is 6.02. The maximum absolute atomic E-state index is 10.5. The largest absolute Gasteiger partial charge is 0.391 e. The molecule has 0 aliphatic carbocycles. The van der Waals surface area contributed by atoms with Crippen molar-refractivity contribution in [2.75, 3.05) is 0 Å². The number of hydrogen-bond acceptors (Lipinski definition) is 6. The van der Waals surface area contributed by atoms with E-state index in [0.29, 0.717) is 0 Å². The Balaban J connectivity index is 2.85. The summed E-state index contributed by atoms with van der Waals surface area (Å²) in [5.41, 5.74) is 10.3. The second kappa shape index (κ2) is 3.50. The Labute approximate surface area is 73.7 Å². The fraction of sp³-hybridized carbons (Fsp3) is 0.500. The van der Waals surface area contributed by atoms with E-state index in [2.05, 4.69) is 14.7 Å². The van der Waals surface area contributed by atoms with E-state index in [9.17, 15) is 4.79 Å². The third-order valence-electron chi connectivity index (χ3n) is 1.47. The lowest BCUT2D eigenvalue weighted by Gasteiger charge is -2.07. The topological polar surface area (TPSA) is 128 Å². The Hall–Kier alpha value is -1.47. The van der Waals surface area contributed by atoms with Gasteiger partial charge in [-0.2, -0.15) is 4.98 Å². The van der Waals surface area contributed by atoms with Gasteiger partial charge in [0.25, 0.3) is 11.7 Å². The predicted molar refractivity (Wildman–Crippen MR) is 41.4 cm³/mol. The van der Waals surface area contributed by atoms with E-state index in [0.717, 1.165) is 0 Å². The zero-order chi connectivity index (χ0) is 10.0. The van der Waals surface area contributed by atoms with E-state index in [1.165, 1.54) is 6.92 Å². The number of nitrogens with zero attached hydrogens (tertiary/aromatic N) is 2. The molecule has 0 spiro atoms. The molecule has 7 nitrogen and oxygen atoms in total. The van der Waals surface area contributed by atoms with Crippen LogP contribution < -0.4 is 11.5 Å². The molecule has 0 fully saturated rings. The molecule has 2 atom stereocenters. The Kier molecular flexibility index (Phi) is 2.59. The lowest BCUT2D eigenvalue weighted by atomic mass is 10.2. The van der Waals surface area contributed by atoms with Gasteiger partial charge in [0.2, 0.25) is 5.89 Å². The summed E-state index contributed by atoms with van der Waals surface area (Å²) in [6.45, 7) is 1.47. The third-order valence-corrected chi connectivity index (χ3v) is 1.47. The molecule has 0 bridgehead atoms. The number of aliphatic hydroxyl groups excluding tert-OH is 1. The minimum atomic E-state index is -0.832. The van der Waals surface area contributed by atoms with Crippen molar-refractivity contribution in [3.8, 4) is 0 Å². The van der Waals surface area contributed by atoms with Gasteiger partial charge in [0, 0.05) is 0 Å². The highest BCUT2D eigenvalue weighted by Crippen LogP contribution is 2.10. The molecule has 1 aromatic heterocycles. The summed E-state index contributed by atoms with van der Waals surface area (Å²) in [5.74, 6) is -1.05. The number of hydrogen-bond donors (Lipinski definition) is 3. The van der Waals surface area contributed by atoms with Crippen LogP contribution in [0.5, 0.6) is 0 Å². The monoisotopic (exact) mass is 186 g/mol. The molecule has 13 heavy (non-hydrogen) atoms. The van der Waals surface area contributed by atoms with Crippen LogP contribution in [0.3, 0.4) is 0 Å². The van der Waals surface area contributed by atoms with Crippen molar-refractivity contribution < 1.29 is 14.4 Å². The second-order valence-electron chi connectivity index (χ2n) is 2.59. The molecular formula is C6H10N4O3. The fourth-order valence-corrected chi connectivity index (χ4v) is 0.677. The summed E-state index contributed by atoms with van der Waals surface area (Å²) in [4.78, 5) is 14.1. The van der Waals surface area contributed by atoms with Gasteiger partial charge in [-0.1, -0.05) is 5.16 Å². The van der Waals surface area contributed by atoms with Gasteiger partial charge in [-0.25, -0.2) is 0 Å². The molecule has 1 heterocycles. The van der Waals surface area contributed by atoms with Crippen LogP contribution in [0.15, 0.2) is 4.52 Å². The lowest BCUT2D eigenvalue weighted by molar-refractivity contribution is 0.0987. The summed E-state index contributed by atoms with van der Waals surface area (Å²) >= 11 is 0. The van der Waals surface area contributed by atoms with Crippen molar-refractivity contribution in [2.24, 2.45) is 11.5 Å². The van der Waals surface area contributed by atoms with Crippen LogP contribution >= 0.6 is 0 Å². The van der Waals surface area contributed by atoms with Crippen LogP contribution in [0.25, 0.3) is 0 Å². The number of nitrogens with two attached hydrogens (primary N) is 2. The average molecular weight is 186 g/mol. The van der Waals surface area contributed by atoms with E-state index in [4.69, 9.17) is 16.6 Å². The number of amides is 1. The molecule has 2 unspecified atom stereocenters. The summed E-state index contributed by atoms with van der Waals surface area (Å²) in [5, 5.41) is 12.3. The van der Waals surface area contributed by atoms with Crippen LogP contribution in [0.1, 0.15) is 29.5 Å². The smallest absolute Gasteiger partial charge is 0.290 e. The Morgan fingerprint density at radius 1 is 1.69 bits per heavy atom. The molecule has 1 rings (SSSR count). The van der Waals surface area contributed by atoms with Crippen LogP contribution in [-0.2, 0) is 0 Å². The van der Waals surface area contributed by atoms with Crippen molar-refractivity contribution >= 4 is 5.91 Å². The maximum atomic E-state index is 10.5. The van der Waals surface area contributed by atoms with Gasteiger partial charge in [0.05, 0.1) is 6.10 Å². The van der Waals surface area contributed by atoms with Gasteiger partial charge < -0.3 is 21.1 Å². The van der Waals surface area contributed by atoms with E-state index < -0.39 is 18.1 Å². The average Bonchev–Trinajstić information content (AvgIpc) is 2.50. The molecule has 1 aromatic rings. The highest BCUT2D eigenvalue weighted by atomic mass is 16.5. The standard InChI is InChI=1S/C6H10N4O3/c1-2(11)3(7)6-9-5(4(8)12)10-13-6/h2-3,11H,7H2,1H3,(H2,8,12). The second-order valence-corrected chi connectivity index (χ2v) is 2.59. The molecule has 72 valence electrons. The van der Waals surface area contributed by atoms with Crippen LogP contribution in [0.4, 0.5) is 0 Å². The van der Waals surface area contributed by atoms with Crippen molar-refractivity contribution in [1.82, 2.24) is 10.1 Å². The zero-order valence-electron chi connectivity index (χ0n) is 6.97. The first-order valence-corrected chi connectivity index (χ1v) is 3.59. The first kappa shape index (κ1) is 9.62. The Bertz CT molecular complexity index is 309. The van der Waals surface area contributed by atoms with Gasteiger partial charge in [0.15, 0.2) is 0 Å². The molecule has 0 aliphatic heterocycles. The quantitative estimate of drug-likeness (QED) is 0.529. The van der Waals surface area contributed by atoms with Gasteiger partial charge in [-0.05, 0) is 6.92 Å². The Morgan fingerprint density at radius 3 is 2.69 bits per heavy atom. The highest BCUT2D eigenvalue weighted by molar-refractivity contribution is 5.88. The zero-order valence-corrected chi connectivity index (χ0v) is 6.97. The van der Waals surface area contributed by atoms with Gasteiger partial charge in [0.1, 0.15) is 6.04 Å². The van der Waals surface area contributed by atoms with Gasteiger partial charge in [-0.3, -0.25) is 4.79 Å². The van der Waals surface area contributed by atoms with E-state index in [1.807, 2.05) is 0 Å². The number of carbonyl (C=O) groups is 1. The van der Waals surface area contributed by atoms with E-state index in [1.54, 1.807) is 0 Å². The van der Waals surface area contributed by atoms with E-state index >= 15 is 0 Å². The van der Waals surface area contributed by atoms with Crippen molar-refractivity contribution in [3.63, 3.8) is 0 Å². The molecule has 0 radical (unpaired) electrons. The normalized spacial score (nSPS) is 15.3. The van der Waals surface area contributed by atoms with Crippen molar-refractivity contribution in [2.45, 2.75) is 19.1 Å². The molecule has 0 saturated carbocycles. The Morgan fingerprint density at radius 2 is 2.31 bits per heavy atom. The summed E-state index contributed by atoms with van der Waals surface area (Å²) < 4.78 is 4.60. The predicted octanol–water partition coefficient (Wildman–Crippen LogP) is -1.45. The summed E-state index contributed by atoms with van der Waals surface area (Å²) in [6.07, 6.45) is -0.832. The molecule has 0 saturated heterocycles. The first-order valence-electron chi connectivity index (χ1n) is 3.59. The van der Waals surface area contributed by atoms with Crippen LogP contribution in [0.2, 0.25) is 0 Å². The maximum Gasteiger partial charge on any atom is 0.290 e. The SMILES string of the molecule is CC(O)C(N)c1nc(C(N)=O)no1. The van der Waals surface area contributed by atoms with Crippen LogP contribution in [0, 0.1) is 0 Å². The van der Waals surface area contributed by atoms with Crippen molar-refractivity contribution in [1.29, 1.82) is 0 Å². The minimum Gasteiger partial charge on any atom is -0.391 e. The molecule has 0 aromatic carbocycles. The molecule has 5 N–H and O–H groups in total. The van der Waals surface area contributed by atoms with Gasteiger partial charge in [-0.15, -0.1) is 0 Å². The number of primary amides is 1. The molecule has 0 aliphatic rings. The minimum absolute atomic E-state index is 0.0104. The number of rotatable bonds is 3. The number of carbonyl (C=O) groups excluding carboxylic acids is 1. The molecule has 7 heteroatoms.